The lowest BCUT2D eigenvalue weighted by molar-refractivity contribution is -0.134. The predicted octanol–water partition coefficient (Wildman–Crippen LogP) is 8.03. The number of ether oxygens (including phenoxy) is 1. The molecule has 2 aromatic carbocycles. The first-order chi connectivity index (χ1) is 16.6. The van der Waals surface area contributed by atoms with Crippen LogP contribution in [0.4, 0.5) is 5.69 Å². The molecule has 186 valence electrons. The summed E-state index contributed by atoms with van der Waals surface area (Å²) in [5.41, 5.74) is 0.956. The smallest absolute Gasteiger partial charge is 0.311 e. The molecule has 34 heavy (non-hydrogen) atoms. The van der Waals surface area contributed by atoms with Crippen LogP contribution in [0.15, 0.2) is 48.5 Å². The highest BCUT2D eigenvalue weighted by atomic mass is 16.5. The molecule has 2 N–H and O–H groups in total. The van der Waals surface area contributed by atoms with E-state index in [1.807, 2.05) is 0 Å². The van der Waals surface area contributed by atoms with Crippen LogP contribution in [-0.2, 0) is 4.79 Å². The van der Waals surface area contributed by atoms with Gasteiger partial charge in [-0.05, 0) is 42.8 Å². The van der Waals surface area contributed by atoms with E-state index in [1.54, 1.807) is 36.4 Å². The van der Waals surface area contributed by atoms with Crippen LogP contribution in [0.3, 0.4) is 0 Å². The molecule has 0 bridgehead atoms. The monoisotopic (exact) mass is 467 g/mol. The van der Waals surface area contributed by atoms with Crippen molar-refractivity contribution in [2.24, 2.45) is 0 Å². The van der Waals surface area contributed by atoms with Crippen molar-refractivity contribution < 1.29 is 19.4 Å². The number of esters is 1. The number of hydrogen-bond acceptors (Lipinski definition) is 4. The number of carbonyl (C=O) groups excluding carboxylic acids is 2. The molecule has 0 unspecified atom stereocenters. The van der Waals surface area contributed by atoms with Crippen molar-refractivity contribution in [1.82, 2.24) is 0 Å². The fourth-order valence-corrected chi connectivity index (χ4v) is 3.93. The van der Waals surface area contributed by atoms with Crippen molar-refractivity contribution in [3.8, 4) is 11.5 Å². The summed E-state index contributed by atoms with van der Waals surface area (Å²) >= 11 is 0. The van der Waals surface area contributed by atoms with E-state index in [1.165, 1.54) is 82.8 Å². The van der Waals surface area contributed by atoms with E-state index in [0.29, 0.717) is 23.4 Å². The molecule has 0 aliphatic heterocycles. The average molecular weight is 468 g/mol. The van der Waals surface area contributed by atoms with Crippen molar-refractivity contribution in [2.45, 2.75) is 96.8 Å². The van der Waals surface area contributed by atoms with E-state index in [2.05, 4.69) is 12.2 Å². The second-order valence-electron chi connectivity index (χ2n) is 9.00. The van der Waals surface area contributed by atoms with Gasteiger partial charge in [0.15, 0.2) is 0 Å². The normalized spacial score (nSPS) is 10.7. The molecule has 0 heterocycles. The van der Waals surface area contributed by atoms with Crippen LogP contribution < -0.4 is 10.1 Å². The van der Waals surface area contributed by atoms with Gasteiger partial charge in [0.2, 0.25) is 0 Å². The number of phenolic OH excluding ortho intramolecular Hbond substituents is 1. The molecular formula is C29H41NO4. The Morgan fingerprint density at radius 1 is 0.765 bits per heavy atom. The molecule has 0 atom stereocenters. The topological polar surface area (TPSA) is 75.6 Å². The molecule has 5 nitrogen and oxygen atoms in total. The van der Waals surface area contributed by atoms with Crippen LogP contribution in [0.25, 0.3) is 0 Å². The molecule has 0 saturated heterocycles. The van der Waals surface area contributed by atoms with Gasteiger partial charge in [-0.2, -0.15) is 0 Å². The Hall–Kier alpha value is -2.82. The number of amides is 1. The van der Waals surface area contributed by atoms with Gasteiger partial charge >= 0.3 is 5.97 Å². The predicted molar refractivity (Wildman–Crippen MR) is 138 cm³/mol. The highest BCUT2D eigenvalue weighted by molar-refractivity contribution is 6.04. The minimum absolute atomic E-state index is 0.0866. The zero-order valence-electron chi connectivity index (χ0n) is 20.7. The van der Waals surface area contributed by atoms with Gasteiger partial charge < -0.3 is 15.2 Å². The number of carbonyl (C=O) groups is 2. The molecule has 0 aliphatic carbocycles. The number of hydrogen-bond donors (Lipinski definition) is 2. The van der Waals surface area contributed by atoms with Gasteiger partial charge in [-0.3, -0.25) is 9.59 Å². The van der Waals surface area contributed by atoms with Crippen molar-refractivity contribution in [3.05, 3.63) is 54.1 Å². The summed E-state index contributed by atoms with van der Waals surface area (Å²) < 4.78 is 5.39. The van der Waals surface area contributed by atoms with E-state index in [-0.39, 0.29) is 17.6 Å². The molecular weight excluding hydrogens is 426 g/mol. The van der Waals surface area contributed by atoms with Crippen molar-refractivity contribution in [2.75, 3.05) is 5.32 Å². The molecule has 0 aromatic heterocycles. The van der Waals surface area contributed by atoms with Crippen LogP contribution in [0.1, 0.15) is 107 Å². The van der Waals surface area contributed by atoms with E-state index < -0.39 is 0 Å². The first kappa shape index (κ1) is 27.4. The second kappa shape index (κ2) is 16.7. The molecule has 5 heteroatoms. The Balaban J connectivity index is 1.52. The van der Waals surface area contributed by atoms with Gasteiger partial charge in [0, 0.05) is 23.7 Å². The third-order valence-electron chi connectivity index (χ3n) is 5.94. The van der Waals surface area contributed by atoms with Crippen molar-refractivity contribution in [3.63, 3.8) is 0 Å². The molecule has 0 spiro atoms. The largest absolute Gasteiger partial charge is 0.508 e. The number of phenols is 1. The summed E-state index contributed by atoms with van der Waals surface area (Å²) in [6.45, 7) is 2.26. The summed E-state index contributed by atoms with van der Waals surface area (Å²) in [7, 11) is 0. The Morgan fingerprint density at radius 3 is 1.88 bits per heavy atom. The Bertz CT molecular complexity index is 847. The molecule has 0 saturated carbocycles. The number of rotatable bonds is 17. The lowest BCUT2D eigenvalue weighted by Gasteiger charge is -2.07. The molecule has 1 amide bonds. The number of benzene rings is 2. The zero-order valence-corrected chi connectivity index (χ0v) is 20.7. The third-order valence-corrected chi connectivity index (χ3v) is 5.94. The Morgan fingerprint density at radius 2 is 1.32 bits per heavy atom. The Kier molecular flexibility index (Phi) is 13.5. The summed E-state index contributed by atoms with van der Waals surface area (Å²) in [6.07, 6.45) is 17.0. The fourth-order valence-electron chi connectivity index (χ4n) is 3.93. The van der Waals surface area contributed by atoms with Gasteiger partial charge in [0.25, 0.3) is 5.91 Å². The number of anilines is 1. The lowest BCUT2D eigenvalue weighted by Crippen LogP contribution is -2.12. The fraction of sp³-hybridized carbons (Fsp3) is 0.517. The lowest BCUT2D eigenvalue weighted by atomic mass is 10.0. The first-order valence-electron chi connectivity index (χ1n) is 13.0. The van der Waals surface area contributed by atoms with Crippen LogP contribution in [0.2, 0.25) is 0 Å². The van der Waals surface area contributed by atoms with E-state index in [4.69, 9.17) is 4.74 Å². The van der Waals surface area contributed by atoms with E-state index >= 15 is 0 Å². The van der Waals surface area contributed by atoms with Crippen molar-refractivity contribution >= 4 is 17.6 Å². The van der Waals surface area contributed by atoms with Crippen LogP contribution in [0, 0.1) is 0 Å². The number of aromatic hydroxyl groups is 1. The molecule has 0 fully saturated rings. The minimum Gasteiger partial charge on any atom is -0.508 e. The average Bonchev–Trinajstić information content (AvgIpc) is 2.82. The molecule has 0 radical (unpaired) electrons. The second-order valence-corrected chi connectivity index (χ2v) is 9.00. The van der Waals surface area contributed by atoms with Gasteiger partial charge in [-0.1, -0.05) is 90.0 Å². The standard InChI is InChI=1S/C29H41NO4/c1-2-3-4-5-6-7-8-9-10-11-12-13-14-18-28(32)34-27-21-19-24(20-22-27)29(33)30-25-16-15-17-26(31)23-25/h15-17,19-23,31H,2-14,18H2,1H3,(H,30,33). The minimum atomic E-state index is -0.296. The van der Waals surface area contributed by atoms with Crippen LogP contribution in [-0.4, -0.2) is 17.0 Å². The SMILES string of the molecule is CCCCCCCCCCCCCCCC(=O)Oc1ccc(C(=O)Nc2cccc(O)c2)cc1. The maximum Gasteiger partial charge on any atom is 0.311 e. The quantitative estimate of drug-likeness (QED) is 0.140. The highest BCUT2D eigenvalue weighted by Gasteiger charge is 2.09. The summed E-state index contributed by atoms with van der Waals surface area (Å²) in [4.78, 5) is 24.4. The maximum atomic E-state index is 12.3. The molecule has 0 aliphatic rings. The number of unbranched alkanes of at least 4 members (excludes halogenated alkanes) is 12. The Labute approximate surface area is 204 Å². The molecule has 2 aromatic rings. The van der Waals surface area contributed by atoms with Gasteiger partial charge in [0.1, 0.15) is 11.5 Å². The van der Waals surface area contributed by atoms with E-state index in [9.17, 15) is 14.7 Å². The van der Waals surface area contributed by atoms with Crippen LogP contribution >= 0.6 is 0 Å². The van der Waals surface area contributed by atoms with Gasteiger partial charge in [-0.15, -0.1) is 0 Å². The summed E-state index contributed by atoms with van der Waals surface area (Å²) in [6, 6.07) is 12.9. The number of nitrogens with one attached hydrogen (secondary N) is 1. The highest BCUT2D eigenvalue weighted by Crippen LogP contribution is 2.18. The third kappa shape index (κ3) is 11.9. The first-order valence-corrected chi connectivity index (χ1v) is 13.0. The summed E-state index contributed by atoms with van der Waals surface area (Å²) in [5, 5.41) is 12.2. The van der Waals surface area contributed by atoms with Gasteiger partial charge in [-0.25, -0.2) is 0 Å². The van der Waals surface area contributed by atoms with E-state index in [0.717, 1.165) is 12.8 Å². The molecule has 2 rings (SSSR count). The van der Waals surface area contributed by atoms with Crippen molar-refractivity contribution in [1.29, 1.82) is 0 Å². The maximum absolute atomic E-state index is 12.3. The van der Waals surface area contributed by atoms with Gasteiger partial charge in [0.05, 0.1) is 0 Å². The van der Waals surface area contributed by atoms with Crippen LogP contribution in [0.5, 0.6) is 11.5 Å². The zero-order chi connectivity index (χ0) is 24.4. The summed E-state index contributed by atoms with van der Waals surface area (Å²) in [5.74, 6) is -0.00681.